The van der Waals surface area contributed by atoms with E-state index in [0.717, 1.165) is 12.8 Å². The average molecular weight is 773 g/mol. The van der Waals surface area contributed by atoms with Gasteiger partial charge in [-0.05, 0) is 0 Å². The molecule has 49 heavy (non-hydrogen) atoms. The van der Waals surface area contributed by atoms with Crippen molar-refractivity contribution in [2.24, 2.45) is 5.41 Å². The van der Waals surface area contributed by atoms with Crippen LogP contribution >= 0.6 is 24.8 Å². The first kappa shape index (κ1) is 39.5. The van der Waals surface area contributed by atoms with Crippen LogP contribution in [0, 0.1) is 19.3 Å². The molecule has 4 aromatic carbocycles. The molecule has 0 N–H and O–H groups in total. The van der Waals surface area contributed by atoms with Crippen LogP contribution in [0.4, 0.5) is 0 Å². The Morgan fingerprint density at radius 2 is 1.10 bits per heavy atom. The van der Waals surface area contributed by atoms with Gasteiger partial charge in [0, 0.05) is 0 Å². The van der Waals surface area contributed by atoms with Crippen molar-refractivity contribution < 1.29 is 18.3 Å². The van der Waals surface area contributed by atoms with Crippen LogP contribution in [0.1, 0.15) is 109 Å². The van der Waals surface area contributed by atoms with Crippen molar-refractivity contribution in [3.63, 3.8) is 0 Å². The monoisotopic (exact) mass is 770 g/mol. The van der Waals surface area contributed by atoms with Crippen molar-refractivity contribution >= 4 is 38.8 Å². The van der Waals surface area contributed by atoms with Crippen LogP contribution in [0.3, 0.4) is 0 Å². The molecule has 3 heteroatoms. The predicted molar refractivity (Wildman–Crippen MR) is 220 cm³/mol. The SMILES string of the molecule is Cl.Cl.[CH2]=[Zr]([C]1=C(C(C)(C)C)C(C)=CC1)([c]1ccc(C)cc1)([c]1ccc(C)cc1)[c]1c(C(C)(C)C)ccc2c1Cc1cc(C(C)(C)C)ccc1-2. The zero-order valence-electron chi connectivity index (χ0n) is 32.0. The summed E-state index contributed by atoms with van der Waals surface area (Å²) in [5.74, 6) is 0. The van der Waals surface area contributed by atoms with Gasteiger partial charge < -0.3 is 0 Å². The second-order valence-corrected chi connectivity index (χ2v) is 30.7. The van der Waals surface area contributed by atoms with E-state index >= 15 is 0 Å². The summed E-state index contributed by atoms with van der Waals surface area (Å²) in [6, 6.07) is 31.5. The fraction of sp³-hybridized carbons (Fsp3) is 0.370. The van der Waals surface area contributed by atoms with Gasteiger partial charge in [-0.1, -0.05) is 0 Å². The fourth-order valence-electron chi connectivity index (χ4n) is 9.04. The molecule has 2 aliphatic rings. The second kappa shape index (κ2) is 13.0. The first-order valence-corrected chi connectivity index (χ1v) is 24.3. The Labute approximate surface area is 311 Å². The summed E-state index contributed by atoms with van der Waals surface area (Å²) in [6.07, 6.45) is 4.43. The molecule has 0 nitrogen and oxygen atoms in total. The standard InChI is InChI=1S/C21H25.C10H15.2C7H7.CH2.2ClH.Zr/c1-20(2,3)16-7-9-18-14(12-16)11-15-13-17(21(4,5)6)8-10-19(15)18;1-8-6-5-7-9(8)10(2,3)4;2*1-7-5-3-2-4-6-7;;;;/h7-10,12H,11H2,1-6H3;6H,5H2,1-4H3;2*3-6H,1H3;1H2;2*1H;. The molecule has 0 atom stereocenters. The topological polar surface area (TPSA) is 0 Å². The maximum absolute atomic E-state index is 5.94. The van der Waals surface area contributed by atoms with Gasteiger partial charge in [0.25, 0.3) is 0 Å². The molecule has 0 saturated carbocycles. The number of hydrogen-bond donors (Lipinski definition) is 0. The van der Waals surface area contributed by atoms with Gasteiger partial charge in [0.05, 0.1) is 0 Å². The number of halogens is 2. The van der Waals surface area contributed by atoms with Crippen molar-refractivity contribution in [3.8, 4) is 11.1 Å². The molecule has 0 unspecified atom stereocenters. The van der Waals surface area contributed by atoms with Crippen LogP contribution in [-0.2, 0) is 35.5 Å². The number of allylic oxidation sites excluding steroid dienone is 4. The van der Waals surface area contributed by atoms with Crippen LogP contribution in [0.25, 0.3) is 11.1 Å². The maximum atomic E-state index is 5.94. The summed E-state index contributed by atoms with van der Waals surface area (Å²) < 4.78 is 12.0. The Bertz CT molecular complexity index is 1980. The number of rotatable bonds is 4. The number of aryl methyl sites for hydroxylation is 2. The van der Waals surface area contributed by atoms with E-state index in [0.29, 0.717) is 0 Å². The summed E-state index contributed by atoms with van der Waals surface area (Å²) in [6.45, 7) is 28.3. The predicted octanol–water partition coefficient (Wildman–Crippen LogP) is 11.4. The van der Waals surface area contributed by atoms with E-state index in [9.17, 15) is 0 Å². The third-order valence-corrected chi connectivity index (χ3v) is 27.8. The summed E-state index contributed by atoms with van der Waals surface area (Å²) >= 11 is -5.05. The van der Waals surface area contributed by atoms with E-state index < -0.39 is 18.3 Å². The summed E-state index contributed by atoms with van der Waals surface area (Å²) in [7, 11) is 0. The van der Waals surface area contributed by atoms with Crippen molar-refractivity contribution in [3.05, 3.63) is 133 Å². The van der Waals surface area contributed by atoms with Crippen LogP contribution in [0.5, 0.6) is 0 Å². The Hall–Kier alpha value is -2.31. The number of fused-ring (bicyclic) bond motifs is 3. The van der Waals surface area contributed by atoms with E-state index in [1.54, 1.807) is 6.55 Å². The van der Waals surface area contributed by atoms with Gasteiger partial charge in [-0.25, -0.2) is 0 Å². The molecule has 0 heterocycles. The van der Waals surface area contributed by atoms with Gasteiger partial charge in [0.2, 0.25) is 0 Å². The molecule has 0 radical (unpaired) electrons. The second-order valence-electron chi connectivity index (χ2n) is 17.9. The van der Waals surface area contributed by atoms with Crippen LogP contribution in [-0.4, -0.2) is 4.21 Å². The minimum absolute atomic E-state index is 0. The molecule has 0 bridgehead atoms. The molecule has 0 saturated heterocycles. The average Bonchev–Trinajstić information content (AvgIpc) is 3.57. The molecule has 0 aliphatic heterocycles. The van der Waals surface area contributed by atoms with E-state index in [2.05, 4.69) is 168 Å². The Morgan fingerprint density at radius 3 is 1.57 bits per heavy atom. The van der Waals surface area contributed by atoms with Gasteiger partial charge >= 0.3 is 288 Å². The zero-order chi connectivity index (χ0) is 34.3. The zero-order valence-corrected chi connectivity index (χ0v) is 36.1. The van der Waals surface area contributed by atoms with Gasteiger partial charge in [-0.3, -0.25) is 0 Å². The Morgan fingerprint density at radius 1 is 0.592 bits per heavy atom. The quantitative estimate of drug-likeness (QED) is 0.171. The fourth-order valence-corrected chi connectivity index (χ4v) is 27.1. The van der Waals surface area contributed by atoms with E-state index in [1.807, 2.05) is 0 Å². The van der Waals surface area contributed by atoms with E-state index in [4.69, 9.17) is 4.21 Å². The van der Waals surface area contributed by atoms with Gasteiger partial charge in [-0.2, -0.15) is 0 Å². The molecular formula is C46H58Cl2Zr. The molecule has 6 rings (SSSR count). The van der Waals surface area contributed by atoms with Crippen molar-refractivity contribution in [2.45, 2.75) is 107 Å². The molecule has 2 aliphatic carbocycles. The van der Waals surface area contributed by atoms with Gasteiger partial charge in [-0.15, -0.1) is 24.8 Å². The normalized spacial score (nSPS) is 14.9. The summed E-state index contributed by atoms with van der Waals surface area (Å²) in [4.78, 5) is 0. The molecule has 0 spiro atoms. The third-order valence-electron chi connectivity index (χ3n) is 11.4. The Balaban J connectivity index is 0.00000270. The minimum atomic E-state index is -5.05. The first-order chi connectivity index (χ1) is 21.8. The van der Waals surface area contributed by atoms with E-state index in [1.165, 1.54) is 62.2 Å². The molecule has 0 fully saturated rings. The van der Waals surface area contributed by atoms with Crippen LogP contribution < -0.4 is 9.81 Å². The third kappa shape index (κ3) is 6.19. The van der Waals surface area contributed by atoms with Crippen LogP contribution in [0.15, 0.2) is 99.4 Å². The van der Waals surface area contributed by atoms with Crippen molar-refractivity contribution in [1.29, 1.82) is 0 Å². The summed E-state index contributed by atoms with van der Waals surface area (Å²) in [5.41, 5.74) is 14.2. The molecule has 4 aromatic rings. The Kier molecular flexibility index (Phi) is 10.5. The van der Waals surface area contributed by atoms with E-state index in [-0.39, 0.29) is 41.1 Å². The van der Waals surface area contributed by atoms with Crippen molar-refractivity contribution in [1.82, 2.24) is 0 Å². The molecule has 0 aromatic heterocycles. The molecule has 260 valence electrons. The van der Waals surface area contributed by atoms with Crippen molar-refractivity contribution in [2.75, 3.05) is 0 Å². The molecular weight excluding hydrogens is 715 g/mol. The van der Waals surface area contributed by atoms with Gasteiger partial charge in [0.15, 0.2) is 0 Å². The number of hydrogen-bond acceptors (Lipinski definition) is 0. The van der Waals surface area contributed by atoms with Crippen LogP contribution in [0.2, 0.25) is 0 Å². The number of benzene rings is 4. The first-order valence-electron chi connectivity index (χ1n) is 17.7. The summed E-state index contributed by atoms with van der Waals surface area (Å²) in [5, 5.41) is 0. The van der Waals surface area contributed by atoms with Gasteiger partial charge in [0.1, 0.15) is 0 Å². The molecule has 0 amide bonds.